The van der Waals surface area contributed by atoms with E-state index >= 15 is 0 Å². The third-order valence-corrected chi connectivity index (χ3v) is 6.11. The number of amides is 2. The van der Waals surface area contributed by atoms with Gasteiger partial charge in [0, 0.05) is 51.4 Å². The summed E-state index contributed by atoms with van der Waals surface area (Å²) in [6.45, 7) is 6.08. The second kappa shape index (κ2) is 9.43. The third-order valence-electron chi connectivity index (χ3n) is 6.11. The van der Waals surface area contributed by atoms with Crippen LogP contribution in [0.2, 0.25) is 0 Å². The van der Waals surface area contributed by atoms with Crippen LogP contribution in [0.25, 0.3) is 5.69 Å². The molecular formula is C21H27N7O4. The van der Waals surface area contributed by atoms with Gasteiger partial charge in [0.05, 0.1) is 22.8 Å². The second-order valence-electron chi connectivity index (χ2n) is 8.22. The maximum atomic E-state index is 13.0. The first-order valence-corrected chi connectivity index (χ1v) is 10.9. The Hall–Kier alpha value is -3.34. The highest BCUT2D eigenvalue weighted by atomic mass is 16.6. The van der Waals surface area contributed by atoms with E-state index in [2.05, 4.69) is 15.2 Å². The topological polar surface area (TPSA) is 118 Å². The van der Waals surface area contributed by atoms with Gasteiger partial charge in [-0.25, -0.2) is 4.68 Å². The minimum atomic E-state index is -0.475. The van der Waals surface area contributed by atoms with Crippen molar-refractivity contribution in [3.8, 4) is 5.69 Å². The van der Waals surface area contributed by atoms with Gasteiger partial charge in [0.1, 0.15) is 0 Å². The van der Waals surface area contributed by atoms with Gasteiger partial charge in [0.2, 0.25) is 5.91 Å². The van der Waals surface area contributed by atoms with E-state index in [0.717, 1.165) is 25.9 Å². The Bertz CT molecular complexity index is 1010. The van der Waals surface area contributed by atoms with E-state index < -0.39 is 4.92 Å². The lowest BCUT2D eigenvalue weighted by Gasteiger charge is -2.35. The maximum Gasteiger partial charge on any atom is 0.276 e. The lowest BCUT2D eigenvalue weighted by atomic mass is 10.1. The minimum Gasteiger partial charge on any atom is -0.342 e. The molecule has 2 amide bonds. The molecule has 0 N–H and O–H groups in total. The van der Waals surface area contributed by atoms with Crippen molar-refractivity contribution in [1.29, 1.82) is 0 Å². The number of hydrogen-bond acceptors (Lipinski definition) is 7. The van der Waals surface area contributed by atoms with Crippen molar-refractivity contribution in [2.45, 2.75) is 26.2 Å². The number of nitrogens with zero attached hydrogens (tertiary/aromatic N) is 7. The first-order chi connectivity index (χ1) is 15.4. The van der Waals surface area contributed by atoms with E-state index in [0.29, 0.717) is 44.1 Å². The molecule has 3 heterocycles. The highest BCUT2D eigenvalue weighted by molar-refractivity contribution is 5.93. The summed E-state index contributed by atoms with van der Waals surface area (Å²) in [5.41, 5.74) is 1.18. The van der Waals surface area contributed by atoms with Crippen molar-refractivity contribution in [1.82, 2.24) is 29.7 Å². The Morgan fingerprint density at radius 1 is 1.03 bits per heavy atom. The number of non-ortho nitro benzene ring substituents is 1. The molecule has 2 saturated heterocycles. The van der Waals surface area contributed by atoms with Crippen LogP contribution >= 0.6 is 0 Å². The molecule has 1 aromatic heterocycles. The van der Waals surface area contributed by atoms with Crippen LogP contribution in [0, 0.1) is 17.0 Å². The molecule has 0 saturated carbocycles. The molecule has 0 radical (unpaired) electrons. The summed E-state index contributed by atoms with van der Waals surface area (Å²) in [6, 6.07) is 6.05. The number of rotatable bonds is 5. The van der Waals surface area contributed by atoms with Gasteiger partial charge in [-0.1, -0.05) is 11.3 Å². The van der Waals surface area contributed by atoms with Crippen LogP contribution < -0.4 is 0 Å². The molecule has 0 aliphatic carbocycles. The summed E-state index contributed by atoms with van der Waals surface area (Å²) >= 11 is 0. The Balaban J connectivity index is 1.37. The van der Waals surface area contributed by atoms with Crippen LogP contribution in [0.4, 0.5) is 5.69 Å². The third kappa shape index (κ3) is 4.62. The number of piperazine rings is 1. The van der Waals surface area contributed by atoms with Crippen LogP contribution in [0.5, 0.6) is 0 Å². The van der Waals surface area contributed by atoms with Crippen molar-refractivity contribution in [2.24, 2.45) is 0 Å². The molecule has 1 aromatic carbocycles. The van der Waals surface area contributed by atoms with E-state index in [1.165, 1.54) is 23.2 Å². The Labute approximate surface area is 185 Å². The largest absolute Gasteiger partial charge is 0.342 e. The van der Waals surface area contributed by atoms with Gasteiger partial charge in [-0.2, -0.15) is 0 Å². The Morgan fingerprint density at radius 3 is 2.44 bits per heavy atom. The summed E-state index contributed by atoms with van der Waals surface area (Å²) < 4.78 is 1.44. The molecular weight excluding hydrogens is 414 g/mol. The van der Waals surface area contributed by atoms with Gasteiger partial charge in [0.25, 0.3) is 11.6 Å². The van der Waals surface area contributed by atoms with E-state index in [-0.39, 0.29) is 23.2 Å². The molecule has 0 spiro atoms. The van der Waals surface area contributed by atoms with Crippen LogP contribution in [0.1, 0.15) is 35.4 Å². The average Bonchev–Trinajstić information content (AvgIpc) is 3.21. The summed E-state index contributed by atoms with van der Waals surface area (Å²) in [4.78, 5) is 41.8. The van der Waals surface area contributed by atoms with Crippen molar-refractivity contribution >= 4 is 17.5 Å². The summed E-state index contributed by atoms with van der Waals surface area (Å²) in [6.07, 6.45) is 3.34. The molecule has 2 aliphatic heterocycles. The summed E-state index contributed by atoms with van der Waals surface area (Å²) in [7, 11) is 0. The number of nitro benzene ring substituents is 1. The number of carbonyl (C=O) groups is 2. The maximum absolute atomic E-state index is 13.0. The number of aromatic nitrogens is 3. The first-order valence-electron chi connectivity index (χ1n) is 10.9. The van der Waals surface area contributed by atoms with Crippen LogP contribution in [-0.2, 0) is 4.79 Å². The standard InChI is InChI=1S/C21H27N7O4/c1-16-20(22-23-27(16)17-6-5-7-18(14-17)28(31)32)21(30)26-12-10-24(11-13-26)15-19(29)25-8-3-2-4-9-25/h5-7,14H,2-4,8-13,15H2,1H3. The summed E-state index contributed by atoms with van der Waals surface area (Å²) in [5.74, 6) is -0.0543. The van der Waals surface area contributed by atoms with Gasteiger partial charge < -0.3 is 9.80 Å². The smallest absolute Gasteiger partial charge is 0.276 e. The highest BCUT2D eigenvalue weighted by Crippen LogP contribution is 2.19. The lowest BCUT2D eigenvalue weighted by Crippen LogP contribution is -2.52. The molecule has 2 aliphatic rings. The van der Waals surface area contributed by atoms with E-state index in [1.807, 2.05) is 4.90 Å². The molecule has 32 heavy (non-hydrogen) atoms. The molecule has 0 unspecified atom stereocenters. The number of hydrogen-bond donors (Lipinski definition) is 0. The molecule has 170 valence electrons. The monoisotopic (exact) mass is 441 g/mol. The van der Waals surface area contributed by atoms with Gasteiger partial charge in [0.15, 0.2) is 5.69 Å². The van der Waals surface area contributed by atoms with Crippen molar-refractivity contribution in [3.05, 3.63) is 45.8 Å². The Morgan fingerprint density at radius 2 is 1.75 bits per heavy atom. The predicted molar refractivity (Wildman–Crippen MR) is 116 cm³/mol. The zero-order chi connectivity index (χ0) is 22.7. The highest BCUT2D eigenvalue weighted by Gasteiger charge is 2.28. The summed E-state index contributed by atoms with van der Waals surface area (Å²) in [5, 5.41) is 19.1. The van der Waals surface area contributed by atoms with Crippen LogP contribution in [-0.4, -0.2) is 92.2 Å². The quantitative estimate of drug-likeness (QED) is 0.506. The number of piperidine rings is 1. The van der Waals surface area contributed by atoms with Crippen molar-refractivity contribution < 1.29 is 14.5 Å². The first kappa shape index (κ1) is 21.9. The fourth-order valence-electron chi connectivity index (χ4n) is 4.20. The van der Waals surface area contributed by atoms with E-state index in [9.17, 15) is 19.7 Å². The fourth-order valence-corrected chi connectivity index (χ4v) is 4.20. The average molecular weight is 441 g/mol. The molecule has 2 aromatic rings. The fraction of sp³-hybridized carbons (Fsp3) is 0.524. The van der Waals surface area contributed by atoms with Gasteiger partial charge in [-0.15, -0.1) is 5.10 Å². The van der Waals surface area contributed by atoms with Crippen molar-refractivity contribution in [3.63, 3.8) is 0 Å². The second-order valence-corrected chi connectivity index (χ2v) is 8.22. The Kier molecular flexibility index (Phi) is 6.45. The molecule has 11 nitrogen and oxygen atoms in total. The number of likely N-dealkylation sites (tertiary alicyclic amines) is 1. The number of carbonyl (C=O) groups excluding carboxylic acids is 2. The molecule has 2 fully saturated rings. The molecule has 4 rings (SSSR count). The normalized spacial score (nSPS) is 17.4. The molecule has 11 heteroatoms. The SMILES string of the molecule is Cc1c(C(=O)N2CCN(CC(=O)N3CCCCC3)CC2)nnn1-c1cccc([N+](=O)[O-])c1. The lowest BCUT2D eigenvalue weighted by molar-refractivity contribution is -0.384. The van der Waals surface area contributed by atoms with Gasteiger partial charge in [-0.05, 0) is 32.3 Å². The minimum absolute atomic E-state index is 0.0551. The van der Waals surface area contributed by atoms with E-state index in [1.54, 1.807) is 24.0 Å². The number of benzene rings is 1. The van der Waals surface area contributed by atoms with Gasteiger partial charge >= 0.3 is 0 Å². The van der Waals surface area contributed by atoms with Crippen molar-refractivity contribution in [2.75, 3.05) is 45.8 Å². The molecule has 0 atom stereocenters. The van der Waals surface area contributed by atoms with E-state index in [4.69, 9.17) is 0 Å². The number of nitro groups is 1. The zero-order valence-electron chi connectivity index (χ0n) is 18.1. The van der Waals surface area contributed by atoms with Gasteiger partial charge in [-0.3, -0.25) is 24.6 Å². The van der Waals surface area contributed by atoms with Crippen LogP contribution in [0.15, 0.2) is 24.3 Å². The molecule has 0 bridgehead atoms. The zero-order valence-corrected chi connectivity index (χ0v) is 18.1. The van der Waals surface area contributed by atoms with Crippen LogP contribution in [0.3, 0.4) is 0 Å². The predicted octanol–water partition coefficient (Wildman–Crippen LogP) is 1.25.